The molecule has 130 valence electrons. The average Bonchev–Trinajstić information content (AvgIpc) is 2.60. The van der Waals surface area contributed by atoms with Crippen LogP contribution in [0.5, 0.6) is 0 Å². The third-order valence-electron chi connectivity index (χ3n) is 3.87. The van der Waals surface area contributed by atoms with Gasteiger partial charge in [-0.1, -0.05) is 36.4 Å². The quantitative estimate of drug-likeness (QED) is 0.500. The normalized spacial score (nSPS) is 10.3. The molecule has 0 aliphatic heterocycles. The van der Waals surface area contributed by atoms with E-state index in [9.17, 15) is 9.59 Å². The Balaban J connectivity index is 2.01. The molecule has 0 aliphatic rings. The van der Waals surface area contributed by atoms with Gasteiger partial charge in [-0.15, -0.1) is 0 Å². The summed E-state index contributed by atoms with van der Waals surface area (Å²) in [4.78, 5) is 26.7. The van der Waals surface area contributed by atoms with Crippen LogP contribution in [0.25, 0.3) is 21.9 Å². The van der Waals surface area contributed by atoms with E-state index in [0.717, 1.165) is 27.6 Å². The number of nitrogens with one attached hydrogen (secondary N) is 1. The number of anilines is 1. The Hall–Kier alpha value is -3.67. The van der Waals surface area contributed by atoms with Gasteiger partial charge in [0.05, 0.1) is 0 Å². The molecule has 0 bridgehead atoms. The van der Waals surface area contributed by atoms with Crippen molar-refractivity contribution in [1.29, 1.82) is 0 Å². The lowest BCUT2D eigenvalue weighted by Crippen LogP contribution is -2.24. The lowest BCUT2D eigenvalue weighted by Gasteiger charge is -2.09. The summed E-state index contributed by atoms with van der Waals surface area (Å²) < 4.78 is 0. The van der Waals surface area contributed by atoms with Crippen molar-refractivity contribution in [3.05, 3.63) is 66.2 Å². The molecule has 0 spiro atoms. The number of hydrogen-bond acceptors (Lipinski definition) is 2. The zero-order valence-electron chi connectivity index (χ0n) is 14.2. The smallest absolute Gasteiger partial charge is 0.280 e. The summed E-state index contributed by atoms with van der Waals surface area (Å²) >= 11 is 0. The first kappa shape index (κ1) is 17.2. The third kappa shape index (κ3) is 3.70. The molecule has 0 aliphatic carbocycles. The number of amides is 2. The van der Waals surface area contributed by atoms with Gasteiger partial charge >= 0.3 is 0 Å². The Bertz CT molecular complexity index is 1020. The molecule has 0 heterocycles. The first-order valence-corrected chi connectivity index (χ1v) is 7.99. The number of hydrogen-bond donors (Lipinski definition) is 3. The van der Waals surface area contributed by atoms with E-state index >= 15 is 0 Å². The second-order valence-electron chi connectivity index (χ2n) is 5.84. The largest absolute Gasteiger partial charge is 0.370 e. The van der Waals surface area contributed by atoms with Gasteiger partial charge in [-0.25, -0.2) is 0 Å². The average molecular weight is 346 g/mol. The molecule has 0 radical (unpaired) electrons. The maximum Gasteiger partial charge on any atom is 0.280 e. The third-order valence-corrected chi connectivity index (χ3v) is 3.87. The fourth-order valence-electron chi connectivity index (χ4n) is 2.79. The molecule has 3 rings (SSSR count). The summed E-state index contributed by atoms with van der Waals surface area (Å²) in [5, 5.41) is 4.66. The molecule has 3 aromatic carbocycles. The summed E-state index contributed by atoms with van der Waals surface area (Å²) in [6.07, 6.45) is 0. The topological polar surface area (TPSA) is 111 Å². The van der Waals surface area contributed by atoms with Crippen LogP contribution in [0.3, 0.4) is 0 Å². The predicted octanol–water partition coefficient (Wildman–Crippen LogP) is 2.88. The van der Waals surface area contributed by atoms with Gasteiger partial charge in [0.1, 0.15) is 0 Å². The molecule has 3 aromatic rings. The van der Waals surface area contributed by atoms with Crippen molar-refractivity contribution in [2.75, 3.05) is 5.32 Å². The molecular weight excluding hydrogens is 328 g/mol. The van der Waals surface area contributed by atoms with E-state index in [1.54, 1.807) is 12.1 Å². The Kier molecular flexibility index (Phi) is 4.66. The van der Waals surface area contributed by atoms with Crippen LogP contribution < -0.4 is 16.8 Å². The second-order valence-corrected chi connectivity index (χ2v) is 5.84. The minimum Gasteiger partial charge on any atom is -0.370 e. The van der Waals surface area contributed by atoms with Crippen molar-refractivity contribution in [1.82, 2.24) is 0 Å². The van der Waals surface area contributed by atoms with Crippen LogP contribution in [0.4, 0.5) is 5.69 Å². The van der Waals surface area contributed by atoms with Crippen LogP contribution in [0.1, 0.15) is 17.3 Å². The van der Waals surface area contributed by atoms with E-state index < -0.39 is 5.91 Å². The molecule has 0 atom stereocenters. The van der Waals surface area contributed by atoms with Crippen molar-refractivity contribution in [2.24, 2.45) is 16.5 Å². The predicted molar refractivity (Wildman–Crippen MR) is 104 cm³/mol. The number of fused-ring (bicyclic) bond motifs is 1. The van der Waals surface area contributed by atoms with E-state index in [0.29, 0.717) is 5.56 Å². The van der Waals surface area contributed by atoms with Crippen LogP contribution in [0.15, 0.2) is 65.7 Å². The molecule has 0 aromatic heterocycles. The molecule has 0 saturated carbocycles. The van der Waals surface area contributed by atoms with E-state index in [1.807, 2.05) is 48.5 Å². The lowest BCUT2D eigenvalue weighted by atomic mass is 9.96. The maximum atomic E-state index is 12.0. The summed E-state index contributed by atoms with van der Waals surface area (Å²) in [7, 11) is 0. The first-order valence-electron chi connectivity index (χ1n) is 7.99. The number of nitrogens with zero attached hydrogens (tertiary/aromatic N) is 1. The number of benzene rings is 3. The molecular formula is C20H18N4O2. The van der Waals surface area contributed by atoms with Gasteiger partial charge in [0.15, 0.2) is 5.96 Å². The Labute approximate surface area is 150 Å². The van der Waals surface area contributed by atoms with Crippen LogP contribution in [-0.4, -0.2) is 17.8 Å². The van der Waals surface area contributed by atoms with E-state index in [2.05, 4.69) is 10.3 Å². The first-order chi connectivity index (χ1) is 12.4. The number of carbonyl (C=O) groups excluding carboxylic acids is 2. The molecule has 5 N–H and O–H groups in total. The SMILES string of the molecule is CC(=O)Nc1ccc(-c2cccc3cc(C(=O)N=C(N)N)ccc23)cc1. The van der Waals surface area contributed by atoms with Gasteiger partial charge in [0.2, 0.25) is 5.91 Å². The number of aliphatic imine (C=N–C) groups is 1. The van der Waals surface area contributed by atoms with Gasteiger partial charge in [-0.2, -0.15) is 4.99 Å². The highest BCUT2D eigenvalue weighted by Gasteiger charge is 2.09. The molecule has 0 unspecified atom stereocenters. The van der Waals surface area contributed by atoms with Crippen molar-refractivity contribution in [3.63, 3.8) is 0 Å². The summed E-state index contributed by atoms with van der Waals surface area (Å²) in [6.45, 7) is 1.47. The fraction of sp³-hybridized carbons (Fsp3) is 0.0500. The Morgan fingerprint density at radius 3 is 2.35 bits per heavy atom. The van der Waals surface area contributed by atoms with Crippen molar-refractivity contribution in [2.45, 2.75) is 6.92 Å². The molecule has 6 heteroatoms. The number of carbonyl (C=O) groups is 2. The van der Waals surface area contributed by atoms with Gasteiger partial charge in [-0.05, 0) is 46.2 Å². The lowest BCUT2D eigenvalue weighted by molar-refractivity contribution is -0.114. The number of nitrogens with two attached hydrogens (primary N) is 2. The zero-order valence-corrected chi connectivity index (χ0v) is 14.2. The maximum absolute atomic E-state index is 12.0. The standard InChI is InChI=1S/C20H18N4O2/c1-12(25)23-16-8-5-13(6-9-16)17-4-2-3-14-11-15(7-10-18(14)17)19(26)24-20(21)22/h2-11H,1H3,(H,23,25)(H4,21,22,24,26). The molecule has 0 saturated heterocycles. The Morgan fingerprint density at radius 2 is 1.69 bits per heavy atom. The van der Waals surface area contributed by atoms with Gasteiger partial charge < -0.3 is 16.8 Å². The molecule has 26 heavy (non-hydrogen) atoms. The minimum absolute atomic E-state index is 0.110. The van der Waals surface area contributed by atoms with Crippen LogP contribution in [0.2, 0.25) is 0 Å². The summed E-state index contributed by atoms with van der Waals surface area (Å²) in [5.74, 6) is -0.846. The molecule has 2 amide bonds. The van der Waals surface area contributed by atoms with E-state index in [1.165, 1.54) is 6.92 Å². The van der Waals surface area contributed by atoms with Crippen molar-refractivity contribution in [3.8, 4) is 11.1 Å². The van der Waals surface area contributed by atoms with Crippen LogP contribution >= 0.6 is 0 Å². The zero-order chi connectivity index (χ0) is 18.7. The summed E-state index contributed by atoms with van der Waals surface area (Å²) in [5.41, 5.74) is 13.7. The van der Waals surface area contributed by atoms with E-state index in [-0.39, 0.29) is 11.9 Å². The molecule has 6 nitrogen and oxygen atoms in total. The van der Waals surface area contributed by atoms with Crippen molar-refractivity contribution < 1.29 is 9.59 Å². The monoisotopic (exact) mass is 346 g/mol. The highest BCUT2D eigenvalue weighted by molar-refractivity contribution is 6.06. The van der Waals surface area contributed by atoms with Crippen LogP contribution in [-0.2, 0) is 4.79 Å². The van der Waals surface area contributed by atoms with Crippen LogP contribution in [0, 0.1) is 0 Å². The summed E-state index contributed by atoms with van der Waals surface area (Å²) in [6, 6.07) is 18.8. The highest BCUT2D eigenvalue weighted by atomic mass is 16.2. The molecule has 0 fully saturated rings. The number of guanidine groups is 1. The minimum atomic E-state index is -0.475. The van der Waals surface area contributed by atoms with Crippen molar-refractivity contribution >= 4 is 34.2 Å². The fourth-order valence-corrected chi connectivity index (χ4v) is 2.79. The van der Waals surface area contributed by atoms with Gasteiger partial charge in [0.25, 0.3) is 5.91 Å². The Morgan fingerprint density at radius 1 is 0.962 bits per heavy atom. The van der Waals surface area contributed by atoms with Gasteiger partial charge in [-0.3, -0.25) is 9.59 Å². The second kappa shape index (κ2) is 7.06. The van der Waals surface area contributed by atoms with Gasteiger partial charge in [0, 0.05) is 18.2 Å². The highest BCUT2D eigenvalue weighted by Crippen LogP contribution is 2.30. The van der Waals surface area contributed by atoms with E-state index in [4.69, 9.17) is 11.5 Å². The number of rotatable bonds is 3.